The van der Waals surface area contributed by atoms with E-state index >= 15 is 0 Å². The molecule has 1 saturated heterocycles. The normalized spacial score (nSPS) is 17.1. The van der Waals surface area contributed by atoms with E-state index < -0.39 is 11.9 Å². The van der Waals surface area contributed by atoms with Crippen molar-refractivity contribution in [1.29, 1.82) is 0 Å². The third kappa shape index (κ3) is 4.06. The Kier molecular flexibility index (Phi) is 5.14. The van der Waals surface area contributed by atoms with Crippen LogP contribution >= 0.6 is 11.3 Å². The molecule has 1 aromatic carbocycles. The highest BCUT2D eigenvalue weighted by molar-refractivity contribution is 7.12. The van der Waals surface area contributed by atoms with Crippen molar-refractivity contribution in [2.75, 3.05) is 13.1 Å². The minimum atomic E-state index is -0.580. The Bertz CT molecular complexity index is 788. The molecule has 1 fully saturated rings. The lowest BCUT2D eigenvalue weighted by Gasteiger charge is -2.31. The third-order valence-electron chi connectivity index (χ3n) is 4.11. The number of amides is 2. The first kappa shape index (κ1) is 17.2. The second kappa shape index (κ2) is 7.48. The molecule has 0 radical (unpaired) electrons. The van der Waals surface area contributed by atoms with Crippen LogP contribution in [0, 0.1) is 5.92 Å². The summed E-state index contributed by atoms with van der Waals surface area (Å²) in [7, 11) is 0. The number of hydrogen-bond donors (Lipinski definition) is 1. The van der Waals surface area contributed by atoms with Crippen molar-refractivity contribution in [3.8, 4) is 5.75 Å². The number of hydrogen-bond acceptors (Lipinski definition) is 5. The van der Waals surface area contributed by atoms with E-state index in [-0.39, 0.29) is 23.1 Å². The van der Waals surface area contributed by atoms with Crippen LogP contribution in [-0.2, 0) is 4.79 Å². The van der Waals surface area contributed by atoms with Gasteiger partial charge >= 0.3 is 5.97 Å². The number of ether oxygens (including phenoxy) is 1. The zero-order valence-electron chi connectivity index (χ0n) is 13.5. The zero-order valence-corrected chi connectivity index (χ0v) is 14.3. The van der Waals surface area contributed by atoms with Gasteiger partial charge in [-0.25, -0.2) is 0 Å². The molecule has 1 aromatic heterocycles. The number of thiophene rings is 1. The summed E-state index contributed by atoms with van der Waals surface area (Å²) in [5.74, 6) is -1.13. The van der Waals surface area contributed by atoms with Gasteiger partial charge < -0.3 is 15.4 Å². The second-order valence-corrected chi connectivity index (χ2v) is 6.83. The molecule has 7 heteroatoms. The lowest BCUT2D eigenvalue weighted by atomic mass is 9.98. The van der Waals surface area contributed by atoms with Crippen LogP contribution in [0.15, 0.2) is 41.8 Å². The topological polar surface area (TPSA) is 89.7 Å². The van der Waals surface area contributed by atoms with Crippen LogP contribution in [-0.4, -0.2) is 35.8 Å². The first-order valence-corrected chi connectivity index (χ1v) is 8.87. The molecular weight excluding hydrogens is 340 g/mol. The van der Waals surface area contributed by atoms with Crippen LogP contribution < -0.4 is 10.5 Å². The smallest absolute Gasteiger partial charge is 0.316 e. The molecule has 2 heterocycles. The van der Waals surface area contributed by atoms with Crippen LogP contribution in [0.4, 0.5) is 0 Å². The van der Waals surface area contributed by atoms with E-state index in [4.69, 9.17) is 10.5 Å². The average Bonchev–Trinajstić information content (AvgIpc) is 3.16. The fraction of sp³-hybridized carbons (Fsp3) is 0.278. The number of carbonyl (C=O) groups is 3. The minimum Gasteiger partial charge on any atom is -0.426 e. The van der Waals surface area contributed by atoms with Gasteiger partial charge in [0.2, 0.25) is 5.91 Å². The zero-order chi connectivity index (χ0) is 17.8. The molecule has 0 spiro atoms. The van der Waals surface area contributed by atoms with Gasteiger partial charge in [0.1, 0.15) is 5.75 Å². The molecule has 2 amide bonds. The Hall–Kier alpha value is -2.67. The van der Waals surface area contributed by atoms with Gasteiger partial charge in [0.15, 0.2) is 0 Å². The summed E-state index contributed by atoms with van der Waals surface area (Å²) in [5.41, 5.74) is 5.51. The lowest BCUT2D eigenvalue weighted by molar-refractivity contribution is -0.140. The highest BCUT2D eigenvalue weighted by Crippen LogP contribution is 2.23. The first-order valence-electron chi connectivity index (χ1n) is 7.99. The van der Waals surface area contributed by atoms with Gasteiger partial charge in [0, 0.05) is 18.7 Å². The van der Waals surface area contributed by atoms with Gasteiger partial charge in [-0.15, -0.1) is 11.3 Å². The van der Waals surface area contributed by atoms with Crippen molar-refractivity contribution in [2.45, 2.75) is 12.8 Å². The molecule has 130 valence electrons. The summed E-state index contributed by atoms with van der Waals surface area (Å²) in [6, 6.07) is 9.82. The average molecular weight is 358 g/mol. The van der Waals surface area contributed by atoms with E-state index in [2.05, 4.69) is 0 Å². The first-order chi connectivity index (χ1) is 12.0. The van der Waals surface area contributed by atoms with Crippen LogP contribution in [0.5, 0.6) is 5.75 Å². The molecule has 2 N–H and O–H groups in total. The fourth-order valence-electron chi connectivity index (χ4n) is 2.82. The Balaban J connectivity index is 1.65. The molecule has 1 atom stereocenters. The van der Waals surface area contributed by atoms with Crippen molar-refractivity contribution in [1.82, 2.24) is 4.90 Å². The van der Waals surface area contributed by atoms with E-state index in [0.717, 1.165) is 6.42 Å². The Morgan fingerprint density at radius 2 is 2.04 bits per heavy atom. The quantitative estimate of drug-likeness (QED) is 0.671. The van der Waals surface area contributed by atoms with Crippen molar-refractivity contribution >= 4 is 29.1 Å². The lowest BCUT2D eigenvalue weighted by Crippen LogP contribution is -2.43. The van der Waals surface area contributed by atoms with Crippen molar-refractivity contribution in [3.63, 3.8) is 0 Å². The Morgan fingerprint density at radius 3 is 2.76 bits per heavy atom. The van der Waals surface area contributed by atoms with Crippen LogP contribution in [0.25, 0.3) is 0 Å². The number of likely N-dealkylation sites (tertiary alicyclic amines) is 1. The highest BCUT2D eigenvalue weighted by Gasteiger charge is 2.30. The summed E-state index contributed by atoms with van der Waals surface area (Å²) in [6.07, 6.45) is 1.42. The van der Waals surface area contributed by atoms with E-state index in [9.17, 15) is 14.4 Å². The van der Waals surface area contributed by atoms with Crippen LogP contribution in [0.2, 0.25) is 0 Å². The number of primary amides is 1. The van der Waals surface area contributed by atoms with Crippen LogP contribution in [0.1, 0.15) is 32.9 Å². The molecule has 1 aliphatic rings. The van der Waals surface area contributed by atoms with Crippen molar-refractivity contribution in [3.05, 3.63) is 52.2 Å². The maximum atomic E-state index is 12.4. The summed E-state index contributed by atoms with van der Waals surface area (Å²) in [5, 5.41) is 1.86. The fourth-order valence-corrected chi connectivity index (χ4v) is 3.51. The predicted molar refractivity (Wildman–Crippen MR) is 93.5 cm³/mol. The number of benzene rings is 1. The number of carbonyl (C=O) groups excluding carboxylic acids is 3. The summed E-state index contributed by atoms with van der Waals surface area (Å²) < 4.78 is 5.38. The standard InChI is InChI=1S/C18H18N2O4S/c19-16(21)12-4-1-6-14(10-12)24-18(23)13-5-2-8-20(11-13)17(22)15-7-3-9-25-15/h1,3-4,6-7,9-10,13H,2,5,8,11H2,(H2,19,21). The maximum Gasteiger partial charge on any atom is 0.316 e. The molecule has 6 nitrogen and oxygen atoms in total. The van der Waals surface area contributed by atoms with Gasteiger partial charge in [-0.2, -0.15) is 0 Å². The second-order valence-electron chi connectivity index (χ2n) is 5.88. The van der Waals surface area contributed by atoms with E-state index in [0.29, 0.717) is 24.4 Å². The molecule has 3 rings (SSSR count). The highest BCUT2D eigenvalue weighted by atomic mass is 32.1. The van der Waals surface area contributed by atoms with Crippen molar-refractivity contribution in [2.24, 2.45) is 11.7 Å². The van der Waals surface area contributed by atoms with Gasteiger partial charge in [-0.3, -0.25) is 14.4 Å². The van der Waals surface area contributed by atoms with Crippen LogP contribution in [0.3, 0.4) is 0 Å². The molecule has 1 unspecified atom stereocenters. The molecule has 0 saturated carbocycles. The number of esters is 1. The van der Waals surface area contributed by atoms with Gasteiger partial charge in [0.05, 0.1) is 10.8 Å². The van der Waals surface area contributed by atoms with Gasteiger partial charge in [-0.05, 0) is 42.5 Å². The number of rotatable bonds is 4. The number of piperidine rings is 1. The van der Waals surface area contributed by atoms with E-state index in [1.165, 1.54) is 17.4 Å². The molecular formula is C18H18N2O4S. The monoisotopic (exact) mass is 358 g/mol. The molecule has 0 aliphatic carbocycles. The van der Waals surface area contributed by atoms with Gasteiger partial charge in [-0.1, -0.05) is 12.1 Å². The summed E-state index contributed by atoms with van der Waals surface area (Å²) >= 11 is 1.39. The van der Waals surface area contributed by atoms with E-state index in [1.807, 2.05) is 11.4 Å². The van der Waals surface area contributed by atoms with E-state index in [1.54, 1.807) is 29.2 Å². The summed E-state index contributed by atoms with van der Waals surface area (Å²) in [6.45, 7) is 0.975. The maximum absolute atomic E-state index is 12.4. The van der Waals surface area contributed by atoms with Gasteiger partial charge in [0.25, 0.3) is 5.91 Å². The Morgan fingerprint density at radius 1 is 1.20 bits per heavy atom. The third-order valence-corrected chi connectivity index (χ3v) is 4.97. The molecule has 25 heavy (non-hydrogen) atoms. The largest absolute Gasteiger partial charge is 0.426 e. The molecule has 0 bridgehead atoms. The molecule has 1 aliphatic heterocycles. The van der Waals surface area contributed by atoms with Crippen molar-refractivity contribution < 1.29 is 19.1 Å². The summed E-state index contributed by atoms with van der Waals surface area (Å²) in [4.78, 5) is 38.4. The molecule has 2 aromatic rings. The number of nitrogens with two attached hydrogens (primary N) is 1. The Labute approximate surface area is 149 Å². The minimum absolute atomic E-state index is 0.0526. The SMILES string of the molecule is NC(=O)c1cccc(OC(=O)C2CCCN(C(=O)c3cccs3)C2)c1. The number of nitrogens with zero attached hydrogens (tertiary/aromatic N) is 1. The predicted octanol–water partition coefficient (Wildman–Crippen LogP) is 2.30.